The zero-order valence-electron chi connectivity index (χ0n) is 17.6. The summed E-state index contributed by atoms with van der Waals surface area (Å²) in [5.74, 6) is -0.0876. The molecule has 0 spiro atoms. The van der Waals surface area contributed by atoms with Crippen LogP contribution in [-0.2, 0) is 14.6 Å². The second-order valence-electron chi connectivity index (χ2n) is 8.29. The molecule has 1 aromatic carbocycles. The van der Waals surface area contributed by atoms with Crippen molar-refractivity contribution in [2.75, 3.05) is 24.7 Å². The molecule has 4 heterocycles. The topological polar surface area (TPSA) is 81.5 Å². The van der Waals surface area contributed by atoms with E-state index in [1.165, 1.54) is 0 Å². The predicted molar refractivity (Wildman–Crippen MR) is 124 cm³/mol. The molecule has 2 atom stereocenters. The molecule has 2 aromatic heterocycles. The van der Waals surface area contributed by atoms with Crippen LogP contribution in [0.15, 0.2) is 53.9 Å². The fourth-order valence-electron chi connectivity index (χ4n) is 4.42. The maximum absolute atomic E-state index is 13.9. The fourth-order valence-corrected chi connectivity index (χ4v) is 6.83. The number of carbonyl (C=O) groups is 1. The normalized spacial score (nSPS) is 22.2. The number of thiophene rings is 1. The summed E-state index contributed by atoms with van der Waals surface area (Å²) in [4.78, 5) is 16.6. The lowest BCUT2D eigenvalue weighted by atomic mass is 10.1. The van der Waals surface area contributed by atoms with Crippen molar-refractivity contribution < 1.29 is 17.9 Å². The van der Waals surface area contributed by atoms with Crippen LogP contribution in [0.5, 0.6) is 0 Å². The summed E-state index contributed by atoms with van der Waals surface area (Å²) in [7, 11) is -3.14. The Morgan fingerprint density at radius 3 is 2.69 bits per heavy atom. The van der Waals surface area contributed by atoms with Gasteiger partial charge in [-0.3, -0.25) is 4.79 Å². The SMILES string of the molecule is O=C(c1cc(-c2cccs2)nn1-c1ccccc1)N(CC1CCCO1)C1CCS(=O)(=O)C1. The molecule has 5 rings (SSSR count). The van der Waals surface area contributed by atoms with Crippen molar-refractivity contribution in [1.29, 1.82) is 0 Å². The van der Waals surface area contributed by atoms with E-state index in [4.69, 9.17) is 9.84 Å². The summed E-state index contributed by atoms with van der Waals surface area (Å²) >= 11 is 1.56. The molecule has 1 amide bonds. The molecule has 3 aromatic rings. The third kappa shape index (κ3) is 4.37. The van der Waals surface area contributed by atoms with E-state index in [1.807, 2.05) is 53.9 Å². The number of hydrogen-bond acceptors (Lipinski definition) is 6. The van der Waals surface area contributed by atoms with Crippen LogP contribution >= 0.6 is 11.3 Å². The monoisotopic (exact) mass is 471 g/mol. The van der Waals surface area contributed by atoms with Crippen LogP contribution in [0.25, 0.3) is 16.3 Å². The van der Waals surface area contributed by atoms with Crippen molar-refractivity contribution in [3.05, 3.63) is 59.6 Å². The van der Waals surface area contributed by atoms with E-state index in [2.05, 4.69) is 0 Å². The molecule has 2 saturated heterocycles. The summed E-state index contributed by atoms with van der Waals surface area (Å²) in [5.41, 5.74) is 1.94. The van der Waals surface area contributed by atoms with Crippen molar-refractivity contribution in [3.63, 3.8) is 0 Å². The fraction of sp³-hybridized carbons (Fsp3) is 0.391. The number of sulfone groups is 1. The summed E-state index contributed by atoms with van der Waals surface area (Å²) in [6.45, 7) is 1.08. The average Bonchev–Trinajstić information content (AvgIpc) is 3.59. The first kappa shape index (κ1) is 21.4. The van der Waals surface area contributed by atoms with Crippen LogP contribution < -0.4 is 0 Å². The minimum absolute atomic E-state index is 0.00269. The van der Waals surface area contributed by atoms with Gasteiger partial charge in [-0.2, -0.15) is 5.10 Å². The van der Waals surface area contributed by atoms with E-state index in [0.717, 1.165) is 29.1 Å². The standard InChI is InChI=1S/C23H25N3O4S2/c27-23(25(15-19-8-4-11-30-19)18-10-13-32(28,29)16-18)21-14-20(22-9-5-12-31-22)24-26(21)17-6-2-1-3-7-17/h1-3,5-7,9,12,14,18-19H,4,8,10-11,13,15-16H2. The van der Waals surface area contributed by atoms with Gasteiger partial charge in [-0.05, 0) is 48.9 Å². The van der Waals surface area contributed by atoms with Gasteiger partial charge in [-0.25, -0.2) is 13.1 Å². The number of amides is 1. The number of benzene rings is 1. The highest BCUT2D eigenvalue weighted by Gasteiger charge is 2.38. The van der Waals surface area contributed by atoms with Gasteiger partial charge in [0, 0.05) is 19.2 Å². The summed E-state index contributed by atoms with van der Waals surface area (Å²) in [5, 5.41) is 6.72. The van der Waals surface area contributed by atoms with Gasteiger partial charge in [0.15, 0.2) is 9.84 Å². The largest absolute Gasteiger partial charge is 0.376 e. The van der Waals surface area contributed by atoms with Gasteiger partial charge in [0.2, 0.25) is 0 Å². The minimum atomic E-state index is -3.14. The van der Waals surface area contributed by atoms with Crippen molar-refractivity contribution in [1.82, 2.24) is 14.7 Å². The number of hydrogen-bond donors (Lipinski definition) is 0. The molecule has 32 heavy (non-hydrogen) atoms. The first-order valence-electron chi connectivity index (χ1n) is 10.8. The maximum atomic E-state index is 13.9. The molecule has 7 nitrogen and oxygen atoms in total. The van der Waals surface area contributed by atoms with Crippen molar-refractivity contribution in [2.45, 2.75) is 31.4 Å². The summed E-state index contributed by atoms with van der Waals surface area (Å²) in [6.07, 6.45) is 2.23. The Kier molecular flexibility index (Phi) is 5.88. The van der Waals surface area contributed by atoms with Gasteiger partial charge in [-0.1, -0.05) is 24.3 Å². The van der Waals surface area contributed by atoms with Crippen LogP contribution in [0.2, 0.25) is 0 Å². The van der Waals surface area contributed by atoms with Crippen molar-refractivity contribution in [2.24, 2.45) is 0 Å². The van der Waals surface area contributed by atoms with E-state index in [1.54, 1.807) is 20.9 Å². The third-order valence-electron chi connectivity index (χ3n) is 6.04. The number of aromatic nitrogens is 2. The molecule has 0 bridgehead atoms. The van der Waals surface area contributed by atoms with E-state index in [-0.39, 0.29) is 29.6 Å². The lowest BCUT2D eigenvalue weighted by molar-refractivity contribution is 0.0434. The maximum Gasteiger partial charge on any atom is 0.272 e. The summed E-state index contributed by atoms with van der Waals surface area (Å²) < 4.78 is 31.9. The number of rotatable bonds is 6. The molecule has 0 saturated carbocycles. The van der Waals surface area contributed by atoms with E-state index >= 15 is 0 Å². The van der Waals surface area contributed by atoms with Crippen molar-refractivity contribution in [3.8, 4) is 16.3 Å². The Morgan fingerprint density at radius 2 is 2.03 bits per heavy atom. The molecule has 9 heteroatoms. The van der Waals surface area contributed by atoms with Gasteiger partial charge in [0.1, 0.15) is 11.4 Å². The first-order chi connectivity index (χ1) is 15.5. The van der Waals surface area contributed by atoms with Gasteiger partial charge in [0.25, 0.3) is 5.91 Å². The van der Waals surface area contributed by atoms with Crippen LogP contribution in [0, 0.1) is 0 Å². The lowest BCUT2D eigenvalue weighted by Crippen LogP contribution is -2.45. The first-order valence-corrected chi connectivity index (χ1v) is 13.5. The Bertz CT molecular complexity index is 1180. The average molecular weight is 472 g/mol. The quantitative estimate of drug-likeness (QED) is 0.550. The zero-order chi connectivity index (χ0) is 22.1. The van der Waals surface area contributed by atoms with Gasteiger partial charge < -0.3 is 9.64 Å². The lowest BCUT2D eigenvalue weighted by Gasteiger charge is -2.30. The molecule has 0 N–H and O–H groups in total. The van der Waals surface area contributed by atoms with E-state index < -0.39 is 9.84 Å². The highest BCUT2D eigenvalue weighted by molar-refractivity contribution is 7.91. The second kappa shape index (κ2) is 8.80. The number of nitrogens with zero attached hydrogens (tertiary/aromatic N) is 3. The molecule has 0 radical (unpaired) electrons. The number of ether oxygens (including phenoxy) is 1. The minimum Gasteiger partial charge on any atom is -0.376 e. The zero-order valence-corrected chi connectivity index (χ0v) is 19.2. The molecular weight excluding hydrogens is 446 g/mol. The molecule has 2 unspecified atom stereocenters. The Hall–Kier alpha value is -2.49. The molecule has 0 aliphatic carbocycles. The molecule has 2 fully saturated rings. The highest BCUT2D eigenvalue weighted by Crippen LogP contribution is 2.28. The third-order valence-corrected chi connectivity index (χ3v) is 8.68. The Morgan fingerprint density at radius 1 is 1.19 bits per heavy atom. The van der Waals surface area contributed by atoms with E-state index in [9.17, 15) is 13.2 Å². The summed E-state index contributed by atoms with van der Waals surface area (Å²) in [6, 6.07) is 14.9. The predicted octanol–water partition coefficient (Wildman–Crippen LogP) is 3.41. The molecule has 168 valence electrons. The van der Waals surface area contributed by atoms with Gasteiger partial charge in [0.05, 0.1) is 28.2 Å². The van der Waals surface area contributed by atoms with E-state index in [0.29, 0.717) is 25.3 Å². The number of carbonyl (C=O) groups excluding carboxylic acids is 1. The van der Waals surface area contributed by atoms with Crippen LogP contribution in [0.3, 0.4) is 0 Å². The van der Waals surface area contributed by atoms with Gasteiger partial charge in [-0.15, -0.1) is 11.3 Å². The van der Waals surface area contributed by atoms with Crippen LogP contribution in [0.4, 0.5) is 0 Å². The van der Waals surface area contributed by atoms with Crippen LogP contribution in [0.1, 0.15) is 29.8 Å². The van der Waals surface area contributed by atoms with Crippen molar-refractivity contribution >= 4 is 27.1 Å². The number of para-hydroxylation sites is 1. The Balaban J connectivity index is 1.55. The molecular formula is C23H25N3O4S2. The van der Waals surface area contributed by atoms with Gasteiger partial charge >= 0.3 is 0 Å². The smallest absolute Gasteiger partial charge is 0.272 e. The second-order valence-corrected chi connectivity index (χ2v) is 11.5. The highest BCUT2D eigenvalue weighted by atomic mass is 32.2. The van der Waals surface area contributed by atoms with Crippen LogP contribution in [-0.4, -0.2) is 65.8 Å². The molecule has 2 aliphatic heterocycles. The Labute approximate surface area is 191 Å². The molecule has 2 aliphatic rings.